The van der Waals surface area contributed by atoms with Gasteiger partial charge in [0.15, 0.2) is 10.8 Å². The summed E-state index contributed by atoms with van der Waals surface area (Å²) in [5.41, 5.74) is 0.741. The summed E-state index contributed by atoms with van der Waals surface area (Å²) in [4.78, 5) is 17.1. The van der Waals surface area contributed by atoms with Crippen LogP contribution in [0.15, 0.2) is 16.5 Å². The van der Waals surface area contributed by atoms with Crippen LogP contribution in [0.25, 0.3) is 10.8 Å². The van der Waals surface area contributed by atoms with Gasteiger partial charge in [-0.1, -0.05) is 0 Å². The van der Waals surface area contributed by atoms with Crippen molar-refractivity contribution < 1.29 is 9.21 Å². The van der Waals surface area contributed by atoms with E-state index in [0.717, 1.165) is 29.4 Å². The minimum Gasteiger partial charge on any atom is -0.459 e. The molecule has 0 saturated heterocycles. The number of aromatic nitrogens is 1. The maximum Gasteiger partial charge on any atom is 0.263 e. The van der Waals surface area contributed by atoms with Gasteiger partial charge >= 0.3 is 0 Å². The van der Waals surface area contributed by atoms with E-state index in [4.69, 9.17) is 4.42 Å². The van der Waals surface area contributed by atoms with Crippen LogP contribution in [0, 0.1) is 13.8 Å². The number of thiazole rings is 1. The normalized spacial score (nSPS) is 10.8. The maximum absolute atomic E-state index is 12.1. The highest BCUT2D eigenvalue weighted by atomic mass is 32.1. The minimum absolute atomic E-state index is 0.0642. The molecule has 6 heteroatoms. The van der Waals surface area contributed by atoms with Gasteiger partial charge < -0.3 is 15.1 Å². The summed E-state index contributed by atoms with van der Waals surface area (Å²) in [7, 11) is 1.90. The third-order valence-electron chi connectivity index (χ3n) is 2.84. The Hall–Kier alpha value is -1.66. The van der Waals surface area contributed by atoms with E-state index in [2.05, 4.69) is 15.6 Å². The molecule has 2 N–H and O–H groups in total. The lowest BCUT2D eigenvalue weighted by Gasteiger charge is -2.03. The van der Waals surface area contributed by atoms with Crippen LogP contribution >= 0.6 is 11.3 Å². The van der Waals surface area contributed by atoms with Gasteiger partial charge in [-0.25, -0.2) is 4.98 Å². The van der Waals surface area contributed by atoms with E-state index in [9.17, 15) is 4.79 Å². The molecule has 0 fully saturated rings. The van der Waals surface area contributed by atoms with E-state index in [0.29, 0.717) is 17.2 Å². The number of aryl methyl sites for hydroxylation is 2. The average Bonchev–Trinajstić information content (AvgIpc) is 3.00. The Morgan fingerprint density at radius 1 is 1.35 bits per heavy atom. The van der Waals surface area contributed by atoms with Gasteiger partial charge in [0, 0.05) is 6.54 Å². The molecular weight excluding hydrogens is 274 g/mol. The molecule has 0 unspecified atom stereocenters. The molecule has 2 heterocycles. The maximum atomic E-state index is 12.1. The van der Waals surface area contributed by atoms with Crippen molar-refractivity contribution in [1.29, 1.82) is 0 Å². The summed E-state index contributed by atoms with van der Waals surface area (Å²) in [5.74, 6) is 1.49. The Morgan fingerprint density at radius 2 is 2.15 bits per heavy atom. The van der Waals surface area contributed by atoms with Gasteiger partial charge in [0.05, 0.1) is 5.69 Å². The van der Waals surface area contributed by atoms with Crippen molar-refractivity contribution in [2.24, 2.45) is 0 Å². The van der Waals surface area contributed by atoms with Crippen LogP contribution in [-0.2, 0) is 0 Å². The minimum atomic E-state index is -0.0642. The number of carbonyl (C=O) groups is 1. The largest absolute Gasteiger partial charge is 0.459 e. The van der Waals surface area contributed by atoms with Crippen molar-refractivity contribution in [3.8, 4) is 10.8 Å². The van der Waals surface area contributed by atoms with Crippen molar-refractivity contribution in [3.05, 3.63) is 28.5 Å². The number of rotatable bonds is 6. The topological polar surface area (TPSA) is 67.2 Å². The predicted molar refractivity (Wildman–Crippen MR) is 80.2 cm³/mol. The molecule has 1 amide bonds. The van der Waals surface area contributed by atoms with Gasteiger partial charge in [0.25, 0.3) is 5.91 Å². The van der Waals surface area contributed by atoms with Crippen LogP contribution < -0.4 is 10.6 Å². The second kappa shape index (κ2) is 6.67. The van der Waals surface area contributed by atoms with Crippen LogP contribution in [-0.4, -0.2) is 31.0 Å². The number of amides is 1. The lowest BCUT2D eigenvalue weighted by Crippen LogP contribution is -2.26. The highest BCUT2D eigenvalue weighted by molar-refractivity contribution is 7.17. The van der Waals surface area contributed by atoms with Gasteiger partial charge in [-0.3, -0.25) is 4.79 Å². The molecular formula is C14H19N3O2S. The predicted octanol–water partition coefficient (Wildman–Crippen LogP) is 2.36. The number of hydrogen-bond acceptors (Lipinski definition) is 5. The van der Waals surface area contributed by atoms with Crippen LogP contribution in [0.4, 0.5) is 0 Å². The first-order valence-electron chi connectivity index (χ1n) is 6.59. The summed E-state index contributed by atoms with van der Waals surface area (Å²) in [6.45, 7) is 5.28. The molecule has 0 saturated carbocycles. The van der Waals surface area contributed by atoms with Gasteiger partial charge in [-0.15, -0.1) is 11.3 Å². The quantitative estimate of drug-likeness (QED) is 0.802. The molecule has 0 bridgehead atoms. The van der Waals surface area contributed by atoms with Crippen molar-refractivity contribution in [3.63, 3.8) is 0 Å². The van der Waals surface area contributed by atoms with E-state index < -0.39 is 0 Å². The molecule has 2 aromatic heterocycles. The zero-order valence-electron chi connectivity index (χ0n) is 11.9. The van der Waals surface area contributed by atoms with E-state index in [1.165, 1.54) is 11.3 Å². The summed E-state index contributed by atoms with van der Waals surface area (Å²) in [5, 5.41) is 6.70. The molecule has 0 spiro atoms. The second-order valence-corrected chi connectivity index (χ2v) is 5.56. The highest BCUT2D eigenvalue weighted by Gasteiger charge is 2.17. The summed E-state index contributed by atoms with van der Waals surface area (Å²) in [6, 6.07) is 3.77. The Labute approximate surface area is 122 Å². The van der Waals surface area contributed by atoms with Crippen molar-refractivity contribution in [2.45, 2.75) is 20.3 Å². The molecule has 20 heavy (non-hydrogen) atoms. The molecule has 2 rings (SSSR count). The average molecular weight is 293 g/mol. The summed E-state index contributed by atoms with van der Waals surface area (Å²) < 4.78 is 5.54. The smallest absolute Gasteiger partial charge is 0.263 e. The van der Waals surface area contributed by atoms with Crippen LogP contribution in [0.1, 0.15) is 27.5 Å². The zero-order valence-corrected chi connectivity index (χ0v) is 12.8. The molecule has 0 aromatic carbocycles. The first kappa shape index (κ1) is 14.7. The van der Waals surface area contributed by atoms with Crippen LogP contribution in [0.5, 0.6) is 0 Å². The fourth-order valence-corrected chi connectivity index (χ4v) is 2.75. The summed E-state index contributed by atoms with van der Waals surface area (Å²) >= 11 is 1.37. The van der Waals surface area contributed by atoms with Crippen molar-refractivity contribution in [1.82, 2.24) is 15.6 Å². The molecule has 0 atom stereocenters. The van der Waals surface area contributed by atoms with Crippen LogP contribution in [0.3, 0.4) is 0 Å². The molecule has 5 nitrogen and oxygen atoms in total. The monoisotopic (exact) mass is 293 g/mol. The second-order valence-electron chi connectivity index (χ2n) is 4.56. The molecule has 2 aromatic rings. The number of nitrogens with one attached hydrogen (secondary N) is 2. The van der Waals surface area contributed by atoms with E-state index in [1.54, 1.807) is 0 Å². The van der Waals surface area contributed by atoms with Gasteiger partial charge in [-0.2, -0.15) is 0 Å². The fraction of sp³-hybridized carbons (Fsp3) is 0.429. The lowest BCUT2D eigenvalue weighted by molar-refractivity contribution is 0.0956. The third kappa shape index (κ3) is 3.46. The van der Waals surface area contributed by atoms with Gasteiger partial charge in [0.2, 0.25) is 0 Å². The van der Waals surface area contributed by atoms with E-state index in [1.807, 2.05) is 33.0 Å². The number of hydrogen-bond donors (Lipinski definition) is 2. The Kier molecular flexibility index (Phi) is 4.92. The first-order chi connectivity index (χ1) is 9.61. The standard InChI is InChI=1S/C14H19N3O2S/c1-9-5-6-11(19-9)14-17-10(2)12(20-14)13(18)16-8-4-7-15-3/h5-6,15H,4,7-8H2,1-3H3,(H,16,18). The lowest BCUT2D eigenvalue weighted by atomic mass is 10.3. The van der Waals surface area contributed by atoms with Gasteiger partial charge in [-0.05, 0) is 46.0 Å². The molecule has 0 aliphatic rings. The Bertz CT molecular complexity index is 589. The van der Waals surface area contributed by atoms with E-state index >= 15 is 0 Å². The van der Waals surface area contributed by atoms with Crippen molar-refractivity contribution in [2.75, 3.05) is 20.1 Å². The fourth-order valence-electron chi connectivity index (χ4n) is 1.81. The Balaban J connectivity index is 2.05. The third-order valence-corrected chi connectivity index (χ3v) is 4.01. The molecule has 0 aliphatic carbocycles. The van der Waals surface area contributed by atoms with E-state index in [-0.39, 0.29) is 5.91 Å². The number of carbonyl (C=O) groups excluding carboxylic acids is 1. The Morgan fingerprint density at radius 3 is 2.80 bits per heavy atom. The molecule has 0 aliphatic heterocycles. The first-order valence-corrected chi connectivity index (χ1v) is 7.40. The molecule has 108 valence electrons. The van der Waals surface area contributed by atoms with Crippen LogP contribution in [0.2, 0.25) is 0 Å². The number of furan rings is 1. The van der Waals surface area contributed by atoms with Crippen molar-refractivity contribution >= 4 is 17.2 Å². The number of nitrogens with zero attached hydrogens (tertiary/aromatic N) is 1. The highest BCUT2D eigenvalue weighted by Crippen LogP contribution is 2.29. The SMILES string of the molecule is CNCCCNC(=O)c1sc(-c2ccc(C)o2)nc1C. The summed E-state index contributed by atoms with van der Waals surface area (Å²) in [6.07, 6.45) is 0.907. The van der Waals surface area contributed by atoms with Gasteiger partial charge in [0.1, 0.15) is 10.6 Å². The molecule has 0 radical (unpaired) electrons. The zero-order chi connectivity index (χ0) is 14.5.